The number of rotatable bonds is 8. The standard InChI is InChI=1S/C28H23Cl2N5OS2/c1-17-12-13-20(29)14-24(17)35-26(21-10-6-7-11-22(21)30)33-34-28(35)38-16-25-32-23(15-37-25)27(36)31-18(2)19-8-4-3-5-9-19/h3-15,18H,16H2,1-2H3,(H,31,36). The van der Waals surface area contributed by atoms with Crippen LogP contribution >= 0.6 is 46.3 Å². The van der Waals surface area contributed by atoms with E-state index in [2.05, 4.69) is 20.5 Å². The molecule has 0 radical (unpaired) electrons. The van der Waals surface area contributed by atoms with Gasteiger partial charge in [0.2, 0.25) is 0 Å². The Morgan fingerprint density at radius 3 is 2.61 bits per heavy atom. The molecule has 1 unspecified atom stereocenters. The number of nitrogens with zero attached hydrogens (tertiary/aromatic N) is 4. The molecule has 5 aromatic rings. The highest BCUT2D eigenvalue weighted by Crippen LogP contribution is 2.35. The average Bonchev–Trinajstić information content (AvgIpc) is 3.57. The van der Waals surface area contributed by atoms with E-state index in [-0.39, 0.29) is 11.9 Å². The molecule has 2 heterocycles. The minimum absolute atomic E-state index is 0.119. The van der Waals surface area contributed by atoms with Crippen LogP contribution < -0.4 is 5.32 Å². The third-order valence-corrected chi connectivity index (χ3v) is 8.45. The molecule has 1 amide bonds. The smallest absolute Gasteiger partial charge is 0.271 e. The Hall–Kier alpha value is -3.17. The molecule has 0 spiro atoms. The molecule has 0 saturated carbocycles. The maximum absolute atomic E-state index is 12.8. The second kappa shape index (κ2) is 11.7. The number of hydrogen-bond donors (Lipinski definition) is 1. The summed E-state index contributed by atoms with van der Waals surface area (Å²) in [6, 6.07) is 23.0. The number of hydrogen-bond acceptors (Lipinski definition) is 6. The van der Waals surface area contributed by atoms with Gasteiger partial charge in [0.05, 0.1) is 22.5 Å². The van der Waals surface area contributed by atoms with Crippen molar-refractivity contribution in [3.05, 3.63) is 110 Å². The lowest BCUT2D eigenvalue weighted by atomic mass is 10.1. The van der Waals surface area contributed by atoms with Crippen molar-refractivity contribution in [2.24, 2.45) is 0 Å². The molecular weight excluding hydrogens is 557 g/mol. The number of amides is 1. The summed E-state index contributed by atoms with van der Waals surface area (Å²) in [6.45, 7) is 3.97. The molecule has 1 atom stereocenters. The first-order valence-electron chi connectivity index (χ1n) is 11.8. The molecule has 6 nitrogen and oxygen atoms in total. The zero-order chi connectivity index (χ0) is 26.6. The lowest BCUT2D eigenvalue weighted by Crippen LogP contribution is -2.26. The van der Waals surface area contributed by atoms with E-state index in [1.807, 2.05) is 91.2 Å². The van der Waals surface area contributed by atoms with Gasteiger partial charge >= 0.3 is 0 Å². The van der Waals surface area contributed by atoms with Gasteiger partial charge in [0.15, 0.2) is 11.0 Å². The maximum atomic E-state index is 12.8. The zero-order valence-electron chi connectivity index (χ0n) is 20.6. The van der Waals surface area contributed by atoms with Crippen LogP contribution in [0.15, 0.2) is 83.3 Å². The van der Waals surface area contributed by atoms with Gasteiger partial charge in [-0.3, -0.25) is 9.36 Å². The van der Waals surface area contributed by atoms with Gasteiger partial charge in [0, 0.05) is 16.0 Å². The predicted octanol–water partition coefficient (Wildman–Crippen LogP) is 7.79. The van der Waals surface area contributed by atoms with Gasteiger partial charge in [0.25, 0.3) is 5.91 Å². The van der Waals surface area contributed by atoms with Gasteiger partial charge in [-0.05, 0) is 49.2 Å². The van der Waals surface area contributed by atoms with Crippen molar-refractivity contribution in [2.75, 3.05) is 0 Å². The van der Waals surface area contributed by atoms with E-state index in [0.717, 1.165) is 27.4 Å². The molecule has 38 heavy (non-hydrogen) atoms. The van der Waals surface area contributed by atoms with E-state index >= 15 is 0 Å². The summed E-state index contributed by atoms with van der Waals surface area (Å²) >= 11 is 15.8. The van der Waals surface area contributed by atoms with Crippen LogP contribution in [-0.4, -0.2) is 25.7 Å². The monoisotopic (exact) mass is 579 g/mol. The summed E-state index contributed by atoms with van der Waals surface area (Å²) in [4.78, 5) is 17.4. The van der Waals surface area contributed by atoms with E-state index < -0.39 is 0 Å². The average molecular weight is 581 g/mol. The Bertz CT molecular complexity index is 1590. The molecule has 192 valence electrons. The van der Waals surface area contributed by atoms with Crippen LogP contribution in [0.3, 0.4) is 0 Å². The largest absolute Gasteiger partial charge is 0.344 e. The molecule has 5 rings (SSSR count). The lowest BCUT2D eigenvalue weighted by Gasteiger charge is -2.14. The minimum atomic E-state index is -0.201. The summed E-state index contributed by atoms with van der Waals surface area (Å²) in [5.74, 6) is 0.942. The van der Waals surface area contributed by atoms with Crippen LogP contribution in [0.25, 0.3) is 17.1 Å². The Labute approximate surface area is 239 Å². The SMILES string of the molecule is Cc1ccc(Cl)cc1-n1c(SCc2nc(C(=O)NC(C)c3ccccc3)cs2)nnc1-c1ccccc1Cl. The van der Waals surface area contributed by atoms with Crippen LogP contribution in [0.5, 0.6) is 0 Å². The van der Waals surface area contributed by atoms with Crippen molar-refractivity contribution in [3.63, 3.8) is 0 Å². The molecular formula is C28H23Cl2N5OS2. The van der Waals surface area contributed by atoms with E-state index in [9.17, 15) is 4.79 Å². The quantitative estimate of drug-likeness (QED) is 0.190. The number of aromatic nitrogens is 4. The molecule has 0 aliphatic heterocycles. The van der Waals surface area contributed by atoms with Gasteiger partial charge in [-0.2, -0.15) is 0 Å². The third-order valence-electron chi connectivity index (χ3n) is 5.92. The molecule has 0 saturated heterocycles. The normalized spacial score (nSPS) is 11.9. The second-order valence-electron chi connectivity index (χ2n) is 8.57. The fourth-order valence-electron chi connectivity index (χ4n) is 3.92. The number of nitrogens with one attached hydrogen (secondary N) is 1. The third kappa shape index (κ3) is 5.78. The Kier molecular flexibility index (Phi) is 8.14. The van der Waals surface area contributed by atoms with Gasteiger partial charge in [0.1, 0.15) is 10.7 Å². The number of thioether (sulfide) groups is 1. The first-order chi connectivity index (χ1) is 18.4. The first-order valence-corrected chi connectivity index (χ1v) is 14.4. The maximum Gasteiger partial charge on any atom is 0.271 e. The zero-order valence-corrected chi connectivity index (χ0v) is 23.7. The summed E-state index contributed by atoms with van der Waals surface area (Å²) in [5, 5.41) is 16.4. The Morgan fingerprint density at radius 2 is 1.82 bits per heavy atom. The Balaban J connectivity index is 1.38. The second-order valence-corrected chi connectivity index (χ2v) is 11.3. The van der Waals surface area contributed by atoms with E-state index in [4.69, 9.17) is 23.2 Å². The minimum Gasteiger partial charge on any atom is -0.344 e. The summed E-state index contributed by atoms with van der Waals surface area (Å²) in [5.41, 5.74) is 4.10. The molecule has 2 aromatic heterocycles. The van der Waals surface area contributed by atoms with Crippen molar-refractivity contribution in [1.29, 1.82) is 0 Å². The number of carbonyl (C=O) groups excluding carboxylic acids is 1. The van der Waals surface area contributed by atoms with Crippen LogP contribution in [0.1, 0.15) is 39.6 Å². The fourth-order valence-corrected chi connectivity index (χ4v) is 6.05. The molecule has 0 aliphatic rings. The van der Waals surface area contributed by atoms with Gasteiger partial charge in [-0.15, -0.1) is 21.5 Å². The highest BCUT2D eigenvalue weighted by atomic mass is 35.5. The highest BCUT2D eigenvalue weighted by molar-refractivity contribution is 7.98. The summed E-state index contributed by atoms with van der Waals surface area (Å²) in [6.07, 6.45) is 0. The highest BCUT2D eigenvalue weighted by Gasteiger charge is 2.21. The van der Waals surface area contributed by atoms with Crippen molar-refractivity contribution in [1.82, 2.24) is 25.1 Å². The van der Waals surface area contributed by atoms with Crippen molar-refractivity contribution >= 4 is 52.2 Å². The van der Waals surface area contributed by atoms with Crippen molar-refractivity contribution in [2.45, 2.75) is 30.8 Å². The number of carbonyl (C=O) groups is 1. The molecule has 0 bridgehead atoms. The van der Waals surface area contributed by atoms with E-state index in [1.165, 1.54) is 23.1 Å². The topological polar surface area (TPSA) is 72.7 Å². The van der Waals surface area contributed by atoms with Crippen LogP contribution in [0.2, 0.25) is 10.0 Å². The first kappa shape index (κ1) is 26.4. The van der Waals surface area contributed by atoms with Crippen LogP contribution in [0, 0.1) is 6.92 Å². The van der Waals surface area contributed by atoms with Gasteiger partial charge in [-0.25, -0.2) is 4.98 Å². The molecule has 3 aromatic carbocycles. The number of thiazole rings is 1. The van der Waals surface area contributed by atoms with Crippen molar-refractivity contribution in [3.8, 4) is 17.1 Å². The summed E-state index contributed by atoms with van der Waals surface area (Å²) < 4.78 is 1.97. The molecule has 10 heteroatoms. The Morgan fingerprint density at radius 1 is 1.05 bits per heavy atom. The van der Waals surface area contributed by atoms with E-state index in [0.29, 0.717) is 32.5 Å². The predicted molar refractivity (Wildman–Crippen MR) is 156 cm³/mol. The van der Waals surface area contributed by atoms with Gasteiger partial charge < -0.3 is 5.32 Å². The van der Waals surface area contributed by atoms with Crippen molar-refractivity contribution < 1.29 is 4.79 Å². The van der Waals surface area contributed by atoms with Crippen LogP contribution in [-0.2, 0) is 5.75 Å². The fraction of sp³-hybridized carbons (Fsp3) is 0.143. The molecule has 0 aliphatic carbocycles. The van der Waals surface area contributed by atoms with Crippen LogP contribution in [0.4, 0.5) is 0 Å². The van der Waals surface area contributed by atoms with Gasteiger partial charge in [-0.1, -0.05) is 83.5 Å². The number of halogens is 2. The lowest BCUT2D eigenvalue weighted by molar-refractivity contribution is 0.0935. The molecule has 1 N–H and O–H groups in total. The number of benzene rings is 3. The molecule has 0 fully saturated rings. The summed E-state index contributed by atoms with van der Waals surface area (Å²) in [7, 11) is 0. The number of aryl methyl sites for hydroxylation is 1. The van der Waals surface area contributed by atoms with E-state index in [1.54, 1.807) is 5.38 Å².